The van der Waals surface area contributed by atoms with Gasteiger partial charge in [0.1, 0.15) is 11.3 Å². The number of carbonyl (C=O) groups is 2. The molecule has 6 nitrogen and oxygen atoms in total. The van der Waals surface area contributed by atoms with E-state index in [1.807, 2.05) is 6.92 Å². The largest absolute Gasteiger partial charge is 0.427 e. The smallest absolute Gasteiger partial charge is 0.344 e. The number of anilines is 1. The lowest BCUT2D eigenvalue weighted by Crippen LogP contribution is -2.10. The number of ether oxygens (including phenoxy) is 1. The van der Waals surface area contributed by atoms with Crippen LogP contribution in [-0.2, 0) is 9.59 Å². The van der Waals surface area contributed by atoms with Crippen molar-refractivity contribution < 1.29 is 18.7 Å². The Bertz CT molecular complexity index is 1080. The molecule has 0 radical (unpaired) electrons. The fourth-order valence-electron chi connectivity index (χ4n) is 2.87. The van der Waals surface area contributed by atoms with Gasteiger partial charge in [0.25, 0.3) is 0 Å². The van der Waals surface area contributed by atoms with Crippen molar-refractivity contribution in [2.75, 3.05) is 5.32 Å². The van der Waals surface area contributed by atoms with Crippen molar-refractivity contribution >= 4 is 28.5 Å². The van der Waals surface area contributed by atoms with Crippen LogP contribution in [0.4, 0.5) is 5.69 Å². The molecule has 27 heavy (non-hydrogen) atoms. The Morgan fingerprint density at radius 3 is 2.44 bits per heavy atom. The van der Waals surface area contributed by atoms with Crippen LogP contribution in [-0.4, -0.2) is 11.9 Å². The van der Waals surface area contributed by atoms with E-state index in [-0.39, 0.29) is 5.91 Å². The lowest BCUT2D eigenvalue weighted by atomic mass is 9.99. The molecule has 0 spiro atoms. The van der Waals surface area contributed by atoms with E-state index in [0.717, 1.165) is 10.9 Å². The third-order valence-corrected chi connectivity index (χ3v) is 4.17. The molecule has 1 N–H and O–H groups in total. The fourth-order valence-corrected chi connectivity index (χ4v) is 2.87. The Balaban J connectivity index is 2.08. The molecule has 1 heterocycles. The second kappa shape index (κ2) is 7.45. The second-order valence-electron chi connectivity index (χ2n) is 6.12. The summed E-state index contributed by atoms with van der Waals surface area (Å²) in [7, 11) is 0. The lowest BCUT2D eigenvalue weighted by molar-refractivity contribution is -0.131. The molecule has 0 atom stereocenters. The normalized spacial score (nSPS) is 10.6. The topological polar surface area (TPSA) is 85.6 Å². The molecule has 0 saturated carbocycles. The van der Waals surface area contributed by atoms with Crippen LogP contribution >= 0.6 is 0 Å². The van der Waals surface area contributed by atoms with Gasteiger partial charge in [-0.25, -0.2) is 4.79 Å². The monoisotopic (exact) mass is 365 g/mol. The molecule has 1 aromatic heterocycles. The van der Waals surface area contributed by atoms with Gasteiger partial charge < -0.3 is 14.5 Å². The maximum Gasteiger partial charge on any atom is 0.344 e. The van der Waals surface area contributed by atoms with E-state index in [1.165, 1.54) is 6.92 Å². The highest BCUT2D eigenvalue weighted by Crippen LogP contribution is 2.29. The highest BCUT2D eigenvalue weighted by molar-refractivity contribution is 5.95. The molecule has 138 valence electrons. The van der Waals surface area contributed by atoms with Crippen molar-refractivity contribution in [2.45, 2.75) is 27.2 Å². The second-order valence-corrected chi connectivity index (χ2v) is 6.12. The van der Waals surface area contributed by atoms with Gasteiger partial charge in [-0.3, -0.25) is 9.59 Å². The first-order valence-electron chi connectivity index (χ1n) is 8.55. The molecule has 0 aliphatic heterocycles. The molecule has 6 heteroatoms. The van der Waals surface area contributed by atoms with Crippen molar-refractivity contribution in [3.8, 4) is 16.9 Å². The molecule has 0 aliphatic rings. The van der Waals surface area contributed by atoms with E-state index in [4.69, 9.17) is 9.15 Å². The van der Waals surface area contributed by atoms with E-state index < -0.39 is 11.6 Å². The van der Waals surface area contributed by atoms with Gasteiger partial charge in [0.15, 0.2) is 0 Å². The Hall–Kier alpha value is -3.41. The number of rotatable bonds is 4. The molecule has 2 aromatic carbocycles. The van der Waals surface area contributed by atoms with Crippen LogP contribution in [0.15, 0.2) is 51.7 Å². The van der Waals surface area contributed by atoms with Crippen molar-refractivity contribution in [1.29, 1.82) is 0 Å². The van der Waals surface area contributed by atoms with Crippen molar-refractivity contribution in [2.24, 2.45) is 0 Å². The minimum atomic E-state index is -0.453. The number of aryl methyl sites for hydroxylation is 1. The molecule has 0 unspecified atom stereocenters. The van der Waals surface area contributed by atoms with E-state index in [0.29, 0.717) is 34.6 Å². The van der Waals surface area contributed by atoms with E-state index in [9.17, 15) is 14.4 Å². The maximum absolute atomic E-state index is 12.5. The van der Waals surface area contributed by atoms with Crippen LogP contribution in [0.1, 0.15) is 25.8 Å². The number of fused-ring (bicyclic) bond motifs is 1. The standard InChI is InChI=1S/C21H19NO5/c1-4-19(24)22-15-7-10-18-17(11-15)12(2)20(21(25)27-18)14-5-8-16(9-6-14)26-13(3)23/h5-11H,4H2,1-3H3,(H,22,24). The van der Waals surface area contributed by atoms with Crippen molar-refractivity contribution in [3.05, 3.63) is 58.4 Å². The average Bonchev–Trinajstić information content (AvgIpc) is 2.63. The fraction of sp³-hybridized carbons (Fsp3) is 0.190. The van der Waals surface area contributed by atoms with Crippen molar-refractivity contribution in [3.63, 3.8) is 0 Å². The SMILES string of the molecule is CCC(=O)Nc1ccc2oc(=O)c(-c3ccc(OC(C)=O)cc3)c(C)c2c1. The number of hydrogen-bond acceptors (Lipinski definition) is 5. The molecular formula is C21H19NO5. The molecule has 0 aliphatic carbocycles. The van der Waals surface area contributed by atoms with Gasteiger partial charge in [-0.1, -0.05) is 19.1 Å². The molecule has 1 amide bonds. The Morgan fingerprint density at radius 1 is 1.11 bits per heavy atom. The van der Waals surface area contributed by atoms with Gasteiger partial charge in [-0.05, 0) is 48.4 Å². The molecule has 0 bridgehead atoms. The summed E-state index contributed by atoms with van der Waals surface area (Å²) in [6.07, 6.45) is 0.376. The molecule has 0 saturated heterocycles. The van der Waals surface area contributed by atoms with E-state index >= 15 is 0 Å². The van der Waals surface area contributed by atoms with Crippen LogP contribution in [0.3, 0.4) is 0 Å². The summed E-state index contributed by atoms with van der Waals surface area (Å²) in [5, 5.41) is 3.54. The van der Waals surface area contributed by atoms with Crippen molar-refractivity contribution in [1.82, 2.24) is 0 Å². The van der Waals surface area contributed by atoms with Crippen LogP contribution in [0.5, 0.6) is 5.75 Å². The van der Waals surface area contributed by atoms with Crippen LogP contribution < -0.4 is 15.7 Å². The number of benzene rings is 2. The summed E-state index contributed by atoms with van der Waals surface area (Å²) >= 11 is 0. The van der Waals surface area contributed by atoms with Gasteiger partial charge in [0, 0.05) is 24.4 Å². The zero-order valence-corrected chi connectivity index (χ0v) is 15.3. The van der Waals surface area contributed by atoms with Gasteiger partial charge in [0.05, 0.1) is 5.56 Å². The summed E-state index contributed by atoms with van der Waals surface area (Å²) in [4.78, 5) is 35.2. The summed E-state index contributed by atoms with van der Waals surface area (Å²) in [5.41, 5.74) is 2.47. The summed E-state index contributed by atoms with van der Waals surface area (Å²) in [6, 6.07) is 11.8. The summed E-state index contributed by atoms with van der Waals surface area (Å²) < 4.78 is 10.5. The predicted octanol–water partition coefficient (Wildman–Crippen LogP) is 4.04. The minimum absolute atomic E-state index is 0.0920. The third kappa shape index (κ3) is 3.89. The molecular weight excluding hydrogens is 346 g/mol. The van der Waals surface area contributed by atoms with Gasteiger partial charge in [-0.15, -0.1) is 0 Å². The third-order valence-electron chi connectivity index (χ3n) is 4.17. The highest BCUT2D eigenvalue weighted by Gasteiger charge is 2.14. The first-order chi connectivity index (χ1) is 12.9. The number of esters is 1. The number of amides is 1. The average molecular weight is 365 g/mol. The van der Waals surface area contributed by atoms with Gasteiger partial charge in [-0.2, -0.15) is 0 Å². The zero-order valence-electron chi connectivity index (χ0n) is 15.3. The van der Waals surface area contributed by atoms with E-state index in [2.05, 4.69) is 5.32 Å². The molecule has 0 fully saturated rings. The number of nitrogens with one attached hydrogen (secondary N) is 1. The number of carbonyl (C=O) groups excluding carboxylic acids is 2. The van der Waals surface area contributed by atoms with Crippen LogP contribution in [0, 0.1) is 6.92 Å². The lowest BCUT2D eigenvalue weighted by Gasteiger charge is -2.10. The Morgan fingerprint density at radius 2 is 1.81 bits per heavy atom. The zero-order chi connectivity index (χ0) is 19.6. The summed E-state index contributed by atoms with van der Waals surface area (Å²) in [5.74, 6) is -0.102. The molecule has 3 rings (SSSR count). The Labute approximate surface area is 155 Å². The number of hydrogen-bond donors (Lipinski definition) is 1. The summed E-state index contributed by atoms with van der Waals surface area (Å²) in [6.45, 7) is 4.93. The quantitative estimate of drug-likeness (QED) is 0.428. The van der Waals surface area contributed by atoms with Gasteiger partial charge >= 0.3 is 11.6 Å². The molecule has 3 aromatic rings. The first-order valence-corrected chi connectivity index (χ1v) is 8.55. The maximum atomic E-state index is 12.5. The minimum Gasteiger partial charge on any atom is -0.427 e. The van der Waals surface area contributed by atoms with E-state index in [1.54, 1.807) is 49.4 Å². The predicted molar refractivity (Wildman–Crippen MR) is 103 cm³/mol. The highest BCUT2D eigenvalue weighted by atomic mass is 16.5. The Kier molecular flexibility index (Phi) is 5.07. The van der Waals surface area contributed by atoms with Crippen LogP contribution in [0.25, 0.3) is 22.1 Å². The van der Waals surface area contributed by atoms with Crippen LogP contribution in [0.2, 0.25) is 0 Å². The first kappa shape index (κ1) is 18.4. The van der Waals surface area contributed by atoms with Gasteiger partial charge in [0.2, 0.25) is 5.91 Å².